The molecule has 1 aliphatic heterocycles. The number of piperazine rings is 1. The Labute approximate surface area is 116 Å². The van der Waals surface area contributed by atoms with Gasteiger partial charge in [-0.2, -0.15) is 4.31 Å². The van der Waals surface area contributed by atoms with E-state index in [9.17, 15) is 18.3 Å². The number of benzene rings is 1. The van der Waals surface area contributed by atoms with Crippen LogP contribution in [0.15, 0.2) is 17.0 Å². The summed E-state index contributed by atoms with van der Waals surface area (Å²) in [5.41, 5.74) is -0.0876. The van der Waals surface area contributed by atoms with Crippen molar-refractivity contribution in [2.45, 2.75) is 11.8 Å². The van der Waals surface area contributed by atoms with E-state index in [-0.39, 0.29) is 4.90 Å². The van der Waals surface area contributed by atoms with Crippen molar-refractivity contribution >= 4 is 16.0 Å². The van der Waals surface area contributed by atoms with Crippen molar-refractivity contribution in [1.29, 1.82) is 0 Å². The maximum atomic E-state index is 12.5. The monoisotopic (exact) mass is 300 g/mol. The van der Waals surface area contributed by atoms with Crippen LogP contribution in [0.3, 0.4) is 0 Å². The molecule has 7 nitrogen and oxygen atoms in total. The number of sulfonamides is 1. The smallest absolute Gasteiger partial charge is 0.339 e. The van der Waals surface area contributed by atoms with Crippen LogP contribution in [0, 0.1) is 6.92 Å². The number of carboxylic acids is 1. The highest BCUT2D eigenvalue weighted by molar-refractivity contribution is 7.89. The molecule has 110 valence electrons. The van der Waals surface area contributed by atoms with Crippen molar-refractivity contribution in [3.05, 3.63) is 23.3 Å². The Kier molecular flexibility index (Phi) is 3.98. The summed E-state index contributed by atoms with van der Waals surface area (Å²) in [5.74, 6) is -1.80. The molecule has 0 bridgehead atoms. The van der Waals surface area contributed by atoms with Gasteiger partial charge < -0.3 is 15.5 Å². The van der Waals surface area contributed by atoms with Crippen LogP contribution in [0.5, 0.6) is 5.75 Å². The average Bonchev–Trinajstić information content (AvgIpc) is 2.39. The van der Waals surface area contributed by atoms with Gasteiger partial charge in [-0.25, -0.2) is 13.2 Å². The Morgan fingerprint density at radius 3 is 2.45 bits per heavy atom. The summed E-state index contributed by atoms with van der Waals surface area (Å²) in [4.78, 5) is 10.9. The minimum absolute atomic E-state index is 0.0744. The Morgan fingerprint density at radius 1 is 1.30 bits per heavy atom. The first-order valence-corrected chi connectivity index (χ1v) is 7.56. The number of phenols is 1. The molecule has 20 heavy (non-hydrogen) atoms. The molecule has 0 radical (unpaired) electrons. The van der Waals surface area contributed by atoms with Crippen LogP contribution < -0.4 is 5.32 Å². The fourth-order valence-electron chi connectivity index (χ4n) is 2.15. The summed E-state index contributed by atoms with van der Waals surface area (Å²) in [7, 11) is -3.75. The quantitative estimate of drug-likeness (QED) is 0.725. The summed E-state index contributed by atoms with van der Waals surface area (Å²) in [6.07, 6.45) is 0. The van der Waals surface area contributed by atoms with Gasteiger partial charge in [-0.15, -0.1) is 0 Å². The molecular formula is C12H16N2O5S. The molecule has 1 fully saturated rings. The van der Waals surface area contributed by atoms with Gasteiger partial charge in [0.05, 0.1) is 4.90 Å². The summed E-state index contributed by atoms with van der Waals surface area (Å²) >= 11 is 0. The van der Waals surface area contributed by atoms with Gasteiger partial charge in [0, 0.05) is 26.2 Å². The summed E-state index contributed by atoms with van der Waals surface area (Å²) in [5, 5.41) is 21.6. The van der Waals surface area contributed by atoms with Crippen molar-refractivity contribution in [2.24, 2.45) is 0 Å². The molecule has 0 aromatic heterocycles. The molecule has 3 N–H and O–H groups in total. The van der Waals surface area contributed by atoms with Crippen LogP contribution in [0.2, 0.25) is 0 Å². The molecule has 1 heterocycles. The van der Waals surface area contributed by atoms with E-state index >= 15 is 0 Å². The van der Waals surface area contributed by atoms with Gasteiger partial charge in [0.2, 0.25) is 10.0 Å². The van der Waals surface area contributed by atoms with E-state index in [1.54, 1.807) is 0 Å². The standard InChI is InChI=1S/C12H16N2O5S/c1-8-6-10(15)9(12(16)17)7-11(8)20(18,19)14-4-2-13-3-5-14/h6-7,13,15H,2-5H2,1H3,(H,16,17). The lowest BCUT2D eigenvalue weighted by atomic mass is 10.1. The van der Waals surface area contributed by atoms with Crippen LogP contribution in [-0.2, 0) is 10.0 Å². The minimum atomic E-state index is -3.75. The van der Waals surface area contributed by atoms with Crippen LogP contribution in [0.4, 0.5) is 0 Å². The van der Waals surface area contributed by atoms with Gasteiger partial charge in [-0.3, -0.25) is 0 Å². The van der Waals surface area contributed by atoms with E-state index in [2.05, 4.69) is 5.32 Å². The molecule has 0 amide bonds. The molecule has 1 aromatic carbocycles. The normalized spacial score (nSPS) is 17.1. The number of carbonyl (C=O) groups is 1. The summed E-state index contributed by atoms with van der Waals surface area (Å²) < 4.78 is 26.3. The maximum Gasteiger partial charge on any atom is 0.339 e. The molecule has 1 aliphatic rings. The number of aromatic carboxylic acids is 1. The van der Waals surface area contributed by atoms with Crippen molar-refractivity contribution in [2.75, 3.05) is 26.2 Å². The predicted octanol–water partition coefficient (Wildman–Crippen LogP) is -0.00728. The number of hydrogen-bond donors (Lipinski definition) is 3. The van der Waals surface area contributed by atoms with Crippen molar-refractivity contribution in [3.63, 3.8) is 0 Å². The first kappa shape index (κ1) is 14.8. The van der Waals surface area contributed by atoms with E-state index in [1.807, 2.05) is 0 Å². The van der Waals surface area contributed by atoms with E-state index in [0.29, 0.717) is 31.7 Å². The second-order valence-corrected chi connectivity index (χ2v) is 6.50. The Morgan fingerprint density at radius 2 is 1.90 bits per heavy atom. The van der Waals surface area contributed by atoms with Gasteiger partial charge in [-0.1, -0.05) is 0 Å². The van der Waals surface area contributed by atoms with Gasteiger partial charge in [-0.05, 0) is 24.6 Å². The molecule has 1 aromatic rings. The highest BCUT2D eigenvalue weighted by Gasteiger charge is 2.29. The van der Waals surface area contributed by atoms with Crippen LogP contribution in [-0.4, -0.2) is 55.1 Å². The number of aryl methyl sites for hydroxylation is 1. The zero-order chi connectivity index (χ0) is 14.9. The third-order valence-electron chi connectivity index (χ3n) is 3.22. The first-order valence-electron chi connectivity index (χ1n) is 6.12. The fourth-order valence-corrected chi connectivity index (χ4v) is 3.82. The second-order valence-electron chi connectivity index (χ2n) is 4.59. The lowest BCUT2D eigenvalue weighted by Gasteiger charge is -2.27. The van der Waals surface area contributed by atoms with Crippen molar-refractivity contribution < 1.29 is 23.4 Å². The molecule has 0 atom stereocenters. The number of rotatable bonds is 3. The Balaban J connectivity index is 2.50. The summed E-state index contributed by atoms with van der Waals surface area (Å²) in [6, 6.07) is 2.18. The number of carboxylic acid groups (broad SMARTS) is 1. The van der Waals surface area contributed by atoms with Crippen LogP contribution in [0.1, 0.15) is 15.9 Å². The molecule has 1 saturated heterocycles. The molecule has 0 spiro atoms. The Hall–Kier alpha value is -1.64. The van der Waals surface area contributed by atoms with Gasteiger partial charge in [0.25, 0.3) is 0 Å². The van der Waals surface area contributed by atoms with Crippen molar-refractivity contribution in [1.82, 2.24) is 9.62 Å². The van der Waals surface area contributed by atoms with Gasteiger partial charge in [0.15, 0.2) is 0 Å². The average molecular weight is 300 g/mol. The Bertz CT molecular complexity index is 635. The third kappa shape index (κ3) is 2.62. The van der Waals surface area contributed by atoms with Gasteiger partial charge in [0.1, 0.15) is 11.3 Å². The highest BCUT2D eigenvalue weighted by atomic mass is 32.2. The fraction of sp³-hybridized carbons (Fsp3) is 0.417. The molecule has 0 aliphatic carbocycles. The predicted molar refractivity (Wildman–Crippen MR) is 71.4 cm³/mol. The molecule has 0 unspecified atom stereocenters. The zero-order valence-corrected chi connectivity index (χ0v) is 11.8. The number of nitrogens with one attached hydrogen (secondary N) is 1. The molecular weight excluding hydrogens is 284 g/mol. The lowest BCUT2D eigenvalue weighted by Crippen LogP contribution is -2.46. The third-order valence-corrected chi connectivity index (χ3v) is 5.26. The minimum Gasteiger partial charge on any atom is -0.507 e. The van der Waals surface area contributed by atoms with E-state index < -0.39 is 27.3 Å². The van der Waals surface area contributed by atoms with Gasteiger partial charge >= 0.3 is 5.97 Å². The van der Waals surface area contributed by atoms with Crippen molar-refractivity contribution in [3.8, 4) is 5.75 Å². The van der Waals surface area contributed by atoms with E-state index in [0.717, 1.165) is 6.07 Å². The summed E-state index contributed by atoms with van der Waals surface area (Å²) in [6.45, 7) is 3.32. The molecule has 0 saturated carbocycles. The zero-order valence-electron chi connectivity index (χ0n) is 11.0. The maximum absolute atomic E-state index is 12.5. The molecule has 2 rings (SSSR count). The number of hydrogen-bond acceptors (Lipinski definition) is 5. The largest absolute Gasteiger partial charge is 0.507 e. The highest BCUT2D eigenvalue weighted by Crippen LogP contribution is 2.27. The number of nitrogens with zero attached hydrogens (tertiary/aromatic N) is 1. The lowest BCUT2D eigenvalue weighted by molar-refractivity contribution is 0.0693. The van der Waals surface area contributed by atoms with E-state index in [4.69, 9.17) is 5.11 Å². The number of aromatic hydroxyl groups is 1. The van der Waals surface area contributed by atoms with E-state index in [1.165, 1.54) is 17.3 Å². The first-order chi connectivity index (χ1) is 9.34. The molecule has 8 heteroatoms. The second kappa shape index (κ2) is 5.39. The topological polar surface area (TPSA) is 107 Å². The van der Waals surface area contributed by atoms with Crippen LogP contribution in [0.25, 0.3) is 0 Å². The SMILES string of the molecule is Cc1cc(O)c(C(=O)O)cc1S(=O)(=O)N1CCNCC1. The van der Waals surface area contributed by atoms with Crippen LogP contribution >= 0.6 is 0 Å².